The van der Waals surface area contributed by atoms with E-state index in [1.54, 1.807) is 6.92 Å². The number of rotatable bonds is 7. The van der Waals surface area contributed by atoms with E-state index < -0.39 is 0 Å². The average Bonchev–Trinajstić information content (AvgIpc) is 3.30. The Kier molecular flexibility index (Phi) is 6.54. The van der Waals surface area contributed by atoms with E-state index in [2.05, 4.69) is 34.1 Å². The van der Waals surface area contributed by atoms with Gasteiger partial charge in [-0.1, -0.05) is 48.5 Å². The predicted octanol–water partition coefficient (Wildman–Crippen LogP) is 3.54. The van der Waals surface area contributed by atoms with Crippen molar-refractivity contribution < 1.29 is 14.3 Å². The van der Waals surface area contributed by atoms with Crippen molar-refractivity contribution in [2.75, 3.05) is 20.6 Å². The van der Waals surface area contributed by atoms with Gasteiger partial charge in [0.2, 0.25) is 0 Å². The number of carbonyl (C=O) groups excluding carboxylic acids is 2. The first-order chi connectivity index (χ1) is 14.9. The lowest BCUT2D eigenvalue weighted by Gasteiger charge is -2.28. The molecule has 2 saturated heterocycles. The van der Waals surface area contributed by atoms with Crippen molar-refractivity contribution in [2.24, 2.45) is 0 Å². The Morgan fingerprint density at radius 1 is 0.935 bits per heavy atom. The van der Waals surface area contributed by atoms with Gasteiger partial charge < -0.3 is 4.74 Å². The molecular weight excluding hydrogens is 388 g/mol. The van der Waals surface area contributed by atoms with Crippen LogP contribution in [0.4, 0.5) is 0 Å². The number of hydrogen-bond donors (Lipinski definition) is 0. The second-order valence-corrected chi connectivity index (χ2v) is 9.03. The average molecular weight is 421 g/mol. The molecule has 31 heavy (non-hydrogen) atoms. The Morgan fingerprint density at radius 2 is 1.58 bits per heavy atom. The van der Waals surface area contributed by atoms with Gasteiger partial charge in [-0.25, -0.2) is 0 Å². The van der Waals surface area contributed by atoms with Gasteiger partial charge in [0, 0.05) is 19.4 Å². The van der Waals surface area contributed by atoms with Crippen LogP contribution in [0.2, 0.25) is 0 Å². The summed E-state index contributed by atoms with van der Waals surface area (Å²) in [7, 11) is 3.99. The summed E-state index contributed by atoms with van der Waals surface area (Å²) in [4.78, 5) is 29.8. The molecule has 2 aliphatic heterocycles. The lowest BCUT2D eigenvalue weighted by Crippen LogP contribution is -2.44. The number of nitrogens with zero attached hydrogens (tertiary/aromatic N) is 2. The van der Waals surface area contributed by atoms with Crippen LogP contribution >= 0.6 is 0 Å². The molecule has 5 heteroatoms. The molecule has 0 bridgehead atoms. The van der Waals surface area contributed by atoms with E-state index in [0.717, 1.165) is 18.7 Å². The summed E-state index contributed by atoms with van der Waals surface area (Å²) in [5.74, 6) is 1.53. The third-order valence-electron chi connectivity index (χ3n) is 7.00. The van der Waals surface area contributed by atoms with Crippen LogP contribution in [0, 0.1) is 0 Å². The van der Waals surface area contributed by atoms with Gasteiger partial charge in [0.25, 0.3) is 0 Å². The van der Waals surface area contributed by atoms with Gasteiger partial charge in [0.1, 0.15) is 17.6 Å². The summed E-state index contributed by atoms with van der Waals surface area (Å²) in [6.45, 7) is 2.51. The third kappa shape index (κ3) is 4.73. The van der Waals surface area contributed by atoms with Crippen molar-refractivity contribution in [2.45, 2.75) is 56.3 Å². The minimum absolute atomic E-state index is 0.0904. The van der Waals surface area contributed by atoms with Gasteiger partial charge in [-0.3, -0.25) is 19.4 Å². The van der Waals surface area contributed by atoms with E-state index in [-0.39, 0.29) is 35.8 Å². The Bertz CT molecular complexity index is 901. The molecule has 2 fully saturated rings. The molecule has 164 valence electrons. The summed E-state index contributed by atoms with van der Waals surface area (Å²) in [6, 6.07) is 19.7. The van der Waals surface area contributed by atoms with E-state index >= 15 is 0 Å². The molecule has 2 aromatic rings. The molecule has 0 radical (unpaired) electrons. The number of hydrogen-bond acceptors (Lipinski definition) is 5. The van der Waals surface area contributed by atoms with Crippen LogP contribution in [-0.4, -0.2) is 66.2 Å². The van der Waals surface area contributed by atoms with Gasteiger partial charge >= 0.3 is 0 Å². The van der Waals surface area contributed by atoms with Gasteiger partial charge in [-0.2, -0.15) is 0 Å². The molecular formula is C26H32N2O3. The number of carbonyl (C=O) groups is 2. The molecule has 5 nitrogen and oxygen atoms in total. The van der Waals surface area contributed by atoms with Crippen molar-refractivity contribution in [1.82, 2.24) is 9.80 Å². The van der Waals surface area contributed by atoms with Crippen LogP contribution in [0.25, 0.3) is 0 Å². The Labute approximate surface area is 185 Å². The molecule has 5 atom stereocenters. The molecule has 2 aliphatic rings. The highest BCUT2D eigenvalue weighted by Gasteiger charge is 2.45. The van der Waals surface area contributed by atoms with E-state index in [1.807, 2.05) is 50.5 Å². The summed E-state index contributed by atoms with van der Waals surface area (Å²) < 4.78 is 6.26. The number of ketones is 2. The summed E-state index contributed by atoms with van der Waals surface area (Å²) in [5.41, 5.74) is 1.30. The lowest BCUT2D eigenvalue weighted by molar-refractivity contribution is -0.126. The van der Waals surface area contributed by atoms with Crippen LogP contribution in [0.15, 0.2) is 60.7 Å². The molecule has 0 N–H and O–H groups in total. The zero-order valence-corrected chi connectivity index (χ0v) is 18.6. The summed E-state index contributed by atoms with van der Waals surface area (Å²) in [5, 5.41) is 0. The molecule has 0 spiro atoms. The number of likely N-dealkylation sites (N-methyl/N-ethyl adjacent to an activating group) is 2. The van der Waals surface area contributed by atoms with Crippen LogP contribution in [0.1, 0.15) is 37.7 Å². The number of para-hydroxylation sites is 1. The van der Waals surface area contributed by atoms with Crippen LogP contribution in [-0.2, 0) is 9.59 Å². The maximum Gasteiger partial charge on any atom is 0.151 e. The smallest absolute Gasteiger partial charge is 0.151 e. The molecule has 4 rings (SSSR count). The van der Waals surface area contributed by atoms with E-state index in [9.17, 15) is 9.59 Å². The standard InChI is InChI=1S/C26H32N2O3/c1-18(29)22-16-26(31-21-12-8-5-9-13-21)24(28(22)3)15-25(30)23-14-20(17-27(23)2)19-10-6-4-7-11-19/h4-13,20,22-24,26H,14-17H2,1-3H3. The quantitative estimate of drug-likeness (QED) is 0.686. The van der Waals surface area contributed by atoms with Crippen LogP contribution < -0.4 is 4.74 Å². The highest BCUT2D eigenvalue weighted by atomic mass is 16.5. The van der Waals surface area contributed by atoms with Gasteiger partial charge in [-0.15, -0.1) is 0 Å². The van der Waals surface area contributed by atoms with Gasteiger partial charge in [-0.05, 0) is 51.1 Å². The minimum atomic E-state index is -0.204. The molecule has 0 aliphatic carbocycles. The normalized spacial score (nSPS) is 29.2. The number of ether oxygens (including phenoxy) is 1. The monoisotopic (exact) mass is 420 g/mol. The molecule has 0 amide bonds. The summed E-state index contributed by atoms with van der Waals surface area (Å²) >= 11 is 0. The number of likely N-dealkylation sites (tertiary alicyclic amines) is 2. The van der Waals surface area contributed by atoms with Crippen LogP contribution in [0.3, 0.4) is 0 Å². The van der Waals surface area contributed by atoms with Gasteiger partial charge in [0.05, 0.1) is 18.1 Å². The summed E-state index contributed by atoms with van der Waals surface area (Å²) in [6.07, 6.45) is 1.68. The molecule has 2 aromatic carbocycles. The topological polar surface area (TPSA) is 49.9 Å². The maximum absolute atomic E-state index is 13.4. The first kappa shape index (κ1) is 21.7. The van der Waals surface area contributed by atoms with E-state index in [4.69, 9.17) is 4.74 Å². The Hall–Kier alpha value is -2.50. The molecule has 5 unspecified atom stereocenters. The fourth-order valence-electron chi connectivity index (χ4n) is 5.25. The van der Waals surface area contributed by atoms with Crippen molar-refractivity contribution in [3.8, 4) is 5.75 Å². The van der Waals surface area contributed by atoms with E-state index in [0.29, 0.717) is 18.8 Å². The Balaban J connectivity index is 1.47. The zero-order chi connectivity index (χ0) is 22.0. The first-order valence-corrected chi connectivity index (χ1v) is 11.2. The number of benzene rings is 2. The minimum Gasteiger partial charge on any atom is -0.489 e. The number of Topliss-reactive ketones (excluding diaryl/α,β-unsaturated/α-hetero) is 2. The SMILES string of the molecule is CC(=O)C1CC(Oc2ccccc2)C(CC(=O)C2CC(c3ccccc3)CN2C)N1C. The lowest BCUT2D eigenvalue weighted by atomic mass is 9.93. The second-order valence-electron chi connectivity index (χ2n) is 9.03. The predicted molar refractivity (Wildman–Crippen MR) is 121 cm³/mol. The van der Waals surface area contributed by atoms with E-state index in [1.165, 1.54) is 5.56 Å². The van der Waals surface area contributed by atoms with Crippen molar-refractivity contribution in [1.29, 1.82) is 0 Å². The van der Waals surface area contributed by atoms with Gasteiger partial charge in [0.15, 0.2) is 5.78 Å². The van der Waals surface area contributed by atoms with Crippen molar-refractivity contribution >= 4 is 11.6 Å². The molecule has 0 aromatic heterocycles. The van der Waals surface area contributed by atoms with Crippen molar-refractivity contribution in [3.05, 3.63) is 66.2 Å². The first-order valence-electron chi connectivity index (χ1n) is 11.2. The molecule has 2 heterocycles. The second kappa shape index (κ2) is 9.33. The Morgan fingerprint density at radius 3 is 2.23 bits per heavy atom. The molecule has 0 saturated carbocycles. The fraction of sp³-hybridized carbons (Fsp3) is 0.462. The highest BCUT2D eigenvalue weighted by molar-refractivity contribution is 5.86. The van der Waals surface area contributed by atoms with Crippen molar-refractivity contribution in [3.63, 3.8) is 0 Å². The largest absolute Gasteiger partial charge is 0.489 e. The maximum atomic E-state index is 13.4. The van der Waals surface area contributed by atoms with Crippen LogP contribution in [0.5, 0.6) is 5.75 Å². The zero-order valence-electron chi connectivity index (χ0n) is 18.6. The highest BCUT2D eigenvalue weighted by Crippen LogP contribution is 2.34. The fourth-order valence-corrected chi connectivity index (χ4v) is 5.25. The third-order valence-corrected chi connectivity index (χ3v) is 7.00.